The van der Waals surface area contributed by atoms with Crippen molar-refractivity contribution in [1.29, 1.82) is 0 Å². The van der Waals surface area contributed by atoms with Gasteiger partial charge in [-0.25, -0.2) is 19.2 Å². The van der Waals surface area contributed by atoms with Crippen molar-refractivity contribution in [2.45, 2.75) is 91.1 Å². The van der Waals surface area contributed by atoms with E-state index in [4.69, 9.17) is 18.9 Å². The minimum absolute atomic E-state index is 0.0535. The zero-order chi connectivity index (χ0) is 49.7. The second kappa shape index (κ2) is 26.2. The summed E-state index contributed by atoms with van der Waals surface area (Å²) in [5, 5.41) is 5.65. The average molecular weight is 931 g/mol. The van der Waals surface area contributed by atoms with Gasteiger partial charge in [0.2, 0.25) is 5.91 Å². The van der Waals surface area contributed by atoms with Gasteiger partial charge in [0.25, 0.3) is 0 Å². The highest BCUT2D eigenvalue weighted by Crippen LogP contribution is 2.21. The van der Waals surface area contributed by atoms with Crippen molar-refractivity contribution < 1.29 is 47.7 Å². The molecule has 0 saturated heterocycles. The number of unbranched alkanes of at least 4 members (excludes halogenated alkanes) is 1. The Labute approximate surface area is 400 Å². The van der Waals surface area contributed by atoms with Crippen molar-refractivity contribution in [2.24, 2.45) is 0 Å². The number of urea groups is 1. The molecule has 0 aromatic heterocycles. The largest absolute Gasteiger partial charge is 0.465 e. The van der Waals surface area contributed by atoms with E-state index in [0.29, 0.717) is 43.6 Å². The summed E-state index contributed by atoms with van der Waals surface area (Å²) < 4.78 is 20.9. The highest BCUT2D eigenvalue weighted by Gasteiger charge is 2.28. The predicted octanol–water partition coefficient (Wildman–Crippen LogP) is 9.24. The Balaban J connectivity index is 1.09. The molecule has 0 aliphatic heterocycles. The minimum atomic E-state index is -0.575. The van der Waals surface area contributed by atoms with Crippen LogP contribution in [-0.4, -0.2) is 96.3 Å². The number of nitrogens with zero attached hydrogens (tertiary/aromatic N) is 2. The summed E-state index contributed by atoms with van der Waals surface area (Å²) in [4.78, 5) is 77.3. The average Bonchev–Trinajstić information content (AvgIpc) is 3.29. The number of rotatable bonds is 23. The molecule has 14 nitrogen and oxygen atoms in total. The van der Waals surface area contributed by atoms with Crippen LogP contribution < -0.4 is 10.6 Å². The van der Waals surface area contributed by atoms with Crippen molar-refractivity contribution in [3.63, 3.8) is 0 Å². The Hall–Kier alpha value is -7.22. The van der Waals surface area contributed by atoms with E-state index in [1.54, 1.807) is 21.9 Å². The van der Waals surface area contributed by atoms with Crippen LogP contribution in [0.2, 0.25) is 0 Å². The Morgan fingerprint density at radius 1 is 0.485 bits per heavy atom. The molecular weight excluding hydrogens is 865 g/mol. The van der Waals surface area contributed by atoms with Crippen molar-refractivity contribution in [2.75, 3.05) is 50.2 Å². The monoisotopic (exact) mass is 930 g/mol. The Bertz CT molecular complexity index is 2150. The molecule has 0 saturated carbocycles. The van der Waals surface area contributed by atoms with Crippen LogP contribution in [0, 0.1) is 0 Å². The first-order chi connectivity index (χ1) is 32.3. The molecule has 0 heterocycles. The molecule has 0 unspecified atom stereocenters. The number of amides is 4. The fourth-order valence-electron chi connectivity index (χ4n) is 6.99. The highest BCUT2D eigenvalue weighted by molar-refractivity contribution is 5.90. The summed E-state index contributed by atoms with van der Waals surface area (Å²) in [5.74, 6) is -1.44. The van der Waals surface area contributed by atoms with Crippen molar-refractivity contribution in [3.8, 4) is 0 Å². The van der Waals surface area contributed by atoms with E-state index in [1.807, 2.05) is 126 Å². The maximum Gasteiger partial charge on any atom is 0.411 e. The molecule has 4 rings (SSSR count). The van der Waals surface area contributed by atoms with E-state index in [9.17, 15) is 28.8 Å². The zero-order valence-corrected chi connectivity index (χ0v) is 40.3. The molecule has 2 N–H and O–H groups in total. The van der Waals surface area contributed by atoms with Gasteiger partial charge in [0.1, 0.15) is 13.2 Å². The maximum atomic E-state index is 13.2. The molecule has 0 spiro atoms. The summed E-state index contributed by atoms with van der Waals surface area (Å²) in [6.45, 7) is 19.4. The third-order valence-electron chi connectivity index (χ3n) is 10.6. The summed E-state index contributed by atoms with van der Waals surface area (Å²) in [5.41, 5.74) is 6.24. The SMILES string of the molecule is C=CC(=O)OCCN(C(=O)Cc1ccc(Cc2ccc(CC(=O)OCCCCOC(=O)Nc3ccc(Cc4ccc(NC(=O)N(CCOC(=O)C=C)C(C)(C)C)cc4)cc3)cc2)cc1)C(C)(C)C. The summed E-state index contributed by atoms with van der Waals surface area (Å²) in [7, 11) is 0. The fraction of sp³-hybridized carbons (Fsp3) is 0.370. The van der Waals surface area contributed by atoms with Gasteiger partial charge in [-0.15, -0.1) is 0 Å². The summed E-state index contributed by atoms with van der Waals surface area (Å²) in [6, 6.07) is 30.4. The Morgan fingerprint density at radius 2 is 0.868 bits per heavy atom. The number of benzene rings is 4. The van der Waals surface area contributed by atoms with Gasteiger partial charge in [-0.3, -0.25) is 14.9 Å². The van der Waals surface area contributed by atoms with Gasteiger partial charge in [0.15, 0.2) is 0 Å². The molecule has 0 bridgehead atoms. The van der Waals surface area contributed by atoms with Gasteiger partial charge in [-0.2, -0.15) is 0 Å². The normalized spacial score (nSPS) is 11.1. The fourth-order valence-corrected chi connectivity index (χ4v) is 6.99. The van der Waals surface area contributed by atoms with Crippen LogP contribution in [0.5, 0.6) is 0 Å². The lowest BCUT2D eigenvalue weighted by molar-refractivity contribution is -0.143. The molecule has 0 fully saturated rings. The number of carbonyl (C=O) groups is 6. The second-order valence-corrected chi connectivity index (χ2v) is 18.1. The van der Waals surface area contributed by atoms with Crippen LogP contribution in [0.25, 0.3) is 0 Å². The molecule has 0 aliphatic rings. The number of hydrogen-bond acceptors (Lipinski definition) is 10. The molecule has 68 heavy (non-hydrogen) atoms. The Morgan fingerprint density at radius 3 is 1.31 bits per heavy atom. The van der Waals surface area contributed by atoms with Crippen LogP contribution >= 0.6 is 0 Å². The van der Waals surface area contributed by atoms with E-state index in [0.717, 1.165) is 45.5 Å². The topological polar surface area (TPSA) is 170 Å². The first-order valence-electron chi connectivity index (χ1n) is 22.7. The standard InChI is InChI=1S/C54H66N4O10/c1-9-48(60)66-33-29-57(53(3,4)5)47(59)37-43-17-13-39(14-18-43)35-40-15-19-44(20-16-40)38-50(62)65-31-11-12-32-68-52(64)56-46-27-23-42(24-28-46)36-41-21-25-45(26-22-41)55-51(63)58(54(6,7)8)30-34-67-49(61)10-2/h9-10,13-28H,1-2,11-12,29-38H2,3-8H3,(H,55,63)(H,56,64). The molecule has 0 radical (unpaired) electrons. The van der Waals surface area contributed by atoms with E-state index in [-0.39, 0.29) is 63.7 Å². The third-order valence-corrected chi connectivity index (χ3v) is 10.6. The molecule has 4 amide bonds. The van der Waals surface area contributed by atoms with Gasteiger partial charge >= 0.3 is 30.0 Å². The number of anilines is 2. The van der Waals surface area contributed by atoms with Crippen LogP contribution in [0.1, 0.15) is 87.8 Å². The quantitative estimate of drug-likeness (QED) is 0.0316. The Kier molecular flexibility index (Phi) is 20.6. The zero-order valence-electron chi connectivity index (χ0n) is 40.3. The van der Waals surface area contributed by atoms with Crippen LogP contribution in [0.15, 0.2) is 122 Å². The van der Waals surface area contributed by atoms with Crippen molar-refractivity contribution in [3.05, 3.63) is 156 Å². The number of ether oxygens (including phenoxy) is 4. The molecule has 4 aromatic rings. The molecule has 14 heteroatoms. The number of carbonyl (C=O) groups excluding carboxylic acids is 6. The first kappa shape index (κ1) is 53.4. The van der Waals surface area contributed by atoms with Gasteiger partial charge < -0.3 is 34.1 Å². The molecule has 0 aliphatic carbocycles. The number of hydrogen-bond donors (Lipinski definition) is 2. The number of esters is 3. The van der Waals surface area contributed by atoms with E-state index >= 15 is 0 Å². The lowest BCUT2D eigenvalue weighted by atomic mass is 10.00. The van der Waals surface area contributed by atoms with Gasteiger partial charge in [-0.1, -0.05) is 86.0 Å². The van der Waals surface area contributed by atoms with Crippen LogP contribution in [0.4, 0.5) is 21.0 Å². The van der Waals surface area contributed by atoms with E-state index < -0.39 is 29.1 Å². The van der Waals surface area contributed by atoms with Crippen molar-refractivity contribution >= 4 is 47.3 Å². The summed E-state index contributed by atoms with van der Waals surface area (Å²) >= 11 is 0. The smallest absolute Gasteiger partial charge is 0.411 e. The third kappa shape index (κ3) is 18.9. The highest BCUT2D eigenvalue weighted by atomic mass is 16.6. The molecule has 0 atom stereocenters. The van der Waals surface area contributed by atoms with Crippen LogP contribution in [-0.2, 0) is 63.8 Å². The molecule has 4 aromatic carbocycles. The number of nitrogens with one attached hydrogen (secondary N) is 2. The van der Waals surface area contributed by atoms with Crippen molar-refractivity contribution in [1.82, 2.24) is 9.80 Å². The van der Waals surface area contributed by atoms with E-state index in [2.05, 4.69) is 23.8 Å². The molecule has 362 valence electrons. The lowest BCUT2D eigenvalue weighted by Crippen LogP contribution is -2.49. The predicted molar refractivity (Wildman–Crippen MR) is 263 cm³/mol. The van der Waals surface area contributed by atoms with Crippen LogP contribution in [0.3, 0.4) is 0 Å². The van der Waals surface area contributed by atoms with Gasteiger partial charge in [0, 0.05) is 34.6 Å². The lowest BCUT2D eigenvalue weighted by Gasteiger charge is -2.35. The van der Waals surface area contributed by atoms with Gasteiger partial charge in [-0.05, 0) is 125 Å². The minimum Gasteiger partial charge on any atom is -0.465 e. The van der Waals surface area contributed by atoms with E-state index in [1.165, 1.54) is 0 Å². The first-order valence-corrected chi connectivity index (χ1v) is 22.7. The van der Waals surface area contributed by atoms with Gasteiger partial charge in [0.05, 0.1) is 39.1 Å². The molecular formula is C54H66N4O10. The summed E-state index contributed by atoms with van der Waals surface area (Å²) in [6.07, 6.45) is 4.39. The second-order valence-electron chi connectivity index (χ2n) is 18.1. The maximum absolute atomic E-state index is 13.2.